The van der Waals surface area contributed by atoms with Crippen LogP contribution in [0.2, 0.25) is 5.02 Å². The van der Waals surface area contributed by atoms with Crippen molar-refractivity contribution in [2.24, 2.45) is 0 Å². The van der Waals surface area contributed by atoms with Gasteiger partial charge >= 0.3 is 0 Å². The number of rotatable bonds is 2. The van der Waals surface area contributed by atoms with Gasteiger partial charge in [0.25, 0.3) is 5.91 Å². The number of halogens is 1. The van der Waals surface area contributed by atoms with Crippen molar-refractivity contribution in [1.29, 1.82) is 0 Å². The van der Waals surface area contributed by atoms with Gasteiger partial charge in [-0.3, -0.25) is 4.79 Å². The molecule has 2 heterocycles. The van der Waals surface area contributed by atoms with E-state index < -0.39 is 0 Å². The minimum Gasteiger partial charge on any atom is -0.339 e. The van der Waals surface area contributed by atoms with Crippen LogP contribution in [0.3, 0.4) is 0 Å². The first kappa shape index (κ1) is 17.0. The fourth-order valence-corrected chi connectivity index (χ4v) is 3.68. The number of hydrogen-bond acceptors (Lipinski definition) is 2. The minimum atomic E-state index is 0.109. The monoisotopic (exact) mass is 364 g/mol. The summed E-state index contributed by atoms with van der Waals surface area (Å²) in [5.74, 6) is 0.109. The van der Waals surface area contributed by atoms with Crippen LogP contribution in [0.25, 0.3) is 22.2 Å². The molecular weight excluding hydrogens is 344 g/mol. The van der Waals surface area contributed by atoms with Gasteiger partial charge in [0.15, 0.2) is 0 Å². The lowest BCUT2D eigenvalue weighted by Crippen LogP contribution is -2.35. The van der Waals surface area contributed by atoms with Crippen LogP contribution in [0, 0.1) is 6.92 Å². The molecule has 132 valence electrons. The lowest BCUT2D eigenvalue weighted by molar-refractivity contribution is 0.0726. The molecular formula is C22H21ClN2O. The first-order chi connectivity index (χ1) is 12.6. The van der Waals surface area contributed by atoms with Crippen LogP contribution in [-0.4, -0.2) is 28.9 Å². The molecule has 1 aliphatic rings. The van der Waals surface area contributed by atoms with Gasteiger partial charge in [-0.1, -0.05) is 35.4 Å². The summed E-state index contributed by atoms with van der Waals surface area (Å²) in [6.07, 6.45) is 3.37. The smallest absolute Gasteiger partial charge is 0.254 e. The highest BCUT2D eigenvalue weighted by atomic mass is 35.5. The van der Waals surface area contributed by atoms with Crippen LogP contribution < -0.4 is 0 Å². The molecule has 2 aromatic carbocycles. The molecule has 0 aliphatic carbocycles. The van der Waals surface area contributed by atoms with Gasteiger partial charge in [-0.2, -0.15) is 0 Å². The predicted octanol–water partition coefficient (Wildman–Crippen LogP) is 5.49. The summed E-state index contributed by atoms with van der Waals surface area (Å²) < 4.78 is 0. The Bertz CT molecular complexity index is 960. The van der Waals surface area contributed by atoms with E-state index in [0.717, 1.165) is 59.2 Å². The number of hydrogen-bond donors (Lipinski definition) is 0. The van der Waals surface area contributed by atoms with Gasteiger partial charge in [-0.25, -0.2) is 4.98 Å². The van der Waals surface area contributed by atoms with E-state index in [1.165, 1.54) is 6.42 Å². The van der Waals surface area contributed by atoms with Gasteiger partial charge in [-0.15, -0.1) is 0 Å². The molecule has 1 aromatic heterocycles. The topological polar surface area (TPSA) is 33.2 Å². The normalized spacial score (nSPS) is 14.6. The fraction of sp³-hybridized carbons (Fsp3) is 0.273. The number of piperidine rings is 1. The molecule has 3 nitrogen and oxygen atoms in total. The molecule has 0 N–H and O–H groups in total. The Hall–Kier alpha value is -2.39. The van der Waals surface area contributed by atoms with E-state index in [2.05, 4.69) is 6.07 Å². The van der Waals surface area contributed by atoms with E-state index in [1.807, 2.05) is 54.3 Å². The van der Waals surface area contributed by atoms with Gasteiger partial charge in [-0.05, 0) is 56.5 Å². The molecule has 0 radical (unpaired) electrons. The highest BCUT2D eigenvalue weighted by molar-refractivity contribution is 6.30. The second-order valence-electron chi connectivity index (χ2n) is 6.94. The van der Waals surface area contributed by atoms with Crippen LogP contribution in [0.1, 0.15) is 35.2 Å². The Labute approximate surface area is 158 Å². The Balaban J connectivity index is 1.86. The maximum absolute atomic E-state index is 13.2. The maximum atomic E-state index is 13.2. The first-order valence-electron chi connectivity index (χ1n) is 9.08. The van der Waals surface area contributed by atoms with Crippen molar-refractivity contribution >= 4 is 28.4 Å². The molecule has 0 saturated carbocycles. The van der Waals surface area contributed by atoms with Crippen molar-refractivity contribution in [2.75, 3.05) is 13.1 Å². The molecule has 0 spiro atoms. The highest BCUT2D eigenvalue weighted by Crippen LogP contribution is 2.28. The van der Waals surface area contributed by atoms with Gasteiger partial charge < -0.3 is 4.90 Å². The number of aryl methyl sites for hydroxylation is 1. The summed E-state index contributed by atoms with van der Waals surface area (Å²) in [6, 6.07) is 15.6. The summed E-state index contributed by atoms with van der Waals surface area (Å²) in [7, 11) is 0. The standard InChI is InChI=1S/C22H21ClN2O/c1-15-5-10-20-18(13-15)19(22(26)25-11-3-2-4-12-25)14-21(24-20)16-6-8-17(23)9-7-16/h5-10,13-14H,2-4,11-12H2,1H3. The van der Waals surface area contributed by atoms with Gasteiger partial charge in [0.2, 0.25) is 0 Å². The minimum absolute atomic E-state index is 0.109. The van der Waals surface area contributed by atoms with Crippen LogP contribution in [0.15, 0.2) is 48.5 Å². The van der Waals surface area contributed by atoms with E-state index >= 15 is 0 Å². The quantitative estimate of drug-likeness (QED) is 0.602. The zero-order valence-electron chi connectivity index (χ0n) is 14.8. The molecule has 4 heteroatoms. The average Bonchev–Trinajstić information content (AvgIpc) is 2.68. The SMILES string of the molecule is Cc1ccc2nc(-c3ccc(Cl)cc3)cc(C(=O)N3CCCCC3)c2c1. The van der Waals surface area contributed by atoms with E-state index in [1.54, 1.807) is 0 Å². The molecule has 1 amide bonds. The summed E-state index contributed by atoms with van der Waals surface area (Å²) in [6.45, 7) is 3.72. The molecule has 4 rings (SSSR count). The fourth-order valence-electron chi connectivity index (χ4n) is 3.55. The number of likely N-dealkylation sites (tertiary alicyclic amines) is 1. The van der Waals surface area contributed by atoms with Crippen molar-refractivity contribution in [1.82, 2.24) is 9.88 Å². The van der Waals surface area contributed by atoms with Crippen LogP contribution >= 0.6 is 11.6 Å². The number of carbonyl (C=O) groups is 1. The van der Waals surface area contributed by atoms with Crippen molar-refractivity contribution in [3.05, 3.63) is 64.7 Å². The second kappa shape index (κ2) is 7.08. The van der Waals surface area contributed by atoms with Crippen molar-refractivity contribution < 1.29 is 4.79 Å². The number of pyridine rings is 1. The molecule has 1 aliphatic heterocycles. The van der Waals surface area contributed by atoms with Crippen LogP contribution in [-0.2, 0) is 0 Å². The van der Waals surface area contributed by atoms with Crippen molar-refractivity contribution in [3.8, 4) is 11.3 Å². The van der Waals surface area contributed by atoms with Gasteiger partial charge in [0, 0.05) is 29.1 Å². The lowest BCUT2D eigenvalue weighted by atomic mass is 10.0. The zero-order chi connectivity index (χ0) is 18.1. The third-order valence-corrected chi connectivity index (χ3v) is 5.23. The van der Waals surface area contributed by atoms with Gasteiger partial charge in [0.05, 0.1) is 16.8 Å². The van der Waals surface area contributed by atoms with Crippen molar-refractivity contribution in [2.45, 2.75) is 26.2 Å². The summed E-state index contributed by atoms with van der Waals surface area (Å²) in [5.41, 5.74) is 4.49. The Morgan fingerprint density at radius 2 is 1.73 bits per heavy atom. The number of amides is 1. The zero-order valence-corrected chi connectivity index (χ0v) is 15.6. The Kier molecular flexibility index (Phi) is 4.64. The van der Waals surface area contributed by atoms with E-state index in [4.69, 9.17) is 16.6 Å². The number of aromatic nitrogens is 1. The maximum Gasteiger partial charge on any atom is 0.254 e. The second-order valence-corrected chi connectivity index (χ2v) is 7.37. The number of nitrogens with zero attached hydrogens (tertiary/aromatic N) is 2. The molecule has 1 fully saturated rings. The number of benzene rings is 2. The molecule has 3 aromatic rings. The summed E-state index contributed by atoms with van der Waals surface area (Å²) in [4.78, 5) is 20.0. The number of fused-ring (bicyclic) bond motifs is 1. The summed E-state index contributed by atoms with van der Waals surface area (Å²) >= 11 is 6.01. The Morgan fingerprint density at radius 3 is 2.46 bits per heavy atom. The van der Waals surface area contributed by atoms with E-state index in [9.17, 15) is 4.79 Å². The van der Waals surface area contributed by atoms with E-state index in [0.29, 0.717) is 5.02 Å². The van der Waals surface area contributed by atoms with Gasteiger partial charge in [0.1, 0.15) is 0 Å². The average molecular weight is 365 g/mol. The molecule has 0 unspecified atom stereocenters. The van der Waals surface area contributed by atoms with E-state index in [-0.39, 0.29) is 5.91 Å². The number of carbonyl (C=O) groups excluding carboxylic acids is 1. The largest absolute Gasteiger partial charge is 0.339 e. The third kappa shape index (κ3) is 3.32. The van der Waals surface area contributed by atoms with Crippen molar-refractivity contribution in [3.63, 3.8) is 0 Å². The molecule has 1 saturated heterocycles. The lowest BCUT2D eigenvalue weighted by Gasteiger charge is -2.27. The first-order valence-corrected chi connectivity index (χ1v) is 9.46. The summed E-state index contributed by atoms with van der Waals surface area (Å²) in [5, 5.41) is 1.62. The predicted molar refractivity (Wildman–Crippen MR) is 107 cm³/mol. The third-order valence-electron chi connectivity index (χ3n) is 4.98. The van der Waals surface area contributed by atoms with Crippen LogP contribution in [0.4, 0.5) is 0 Å². The van der Waals surface area contributed by atoms with Crippen LogP contribution in [0.5, 0.6) is 0 Å². The highest BCUT2D eigenvalue weighted by Gasteiger charge is 2.21. The molecule has 26 heavy (non-hydrogen) atoms. The molecule has 0 bridgehead atoms. The Morgan fingerprint density at radius 1 is 1.00 bits per heavy atom. The molecule has 0 atom stereocenters.